The number of thiophene rings is 1. The van der Waals surface area contributed by atoms with Crippen molar-refractivity contribution >= 4 is 33.8 Å². The van der Waals surface area contributed by atoms with Gasteiger partial charge in [0, 0.05) is 36.4 Å². The Morgan fingerprint density at radius 1 is 1.33 bits per heavy atom. The molecule has 1 fully saturated rings. The number of carbonyl (C=O) groups is 1. The second-order valence-corrected chi connectivity index (χ2v) is 6.85. The van der Waals surface area contributed by atoms with Crippen LogP contribution in [-0.2, 0) is 6.54 Å². The normalized spacial score (nSPS) is 15.3. The number of piperazine rings is 1. The van der Waals surface area contributed by atoms with E-state index in [2.05, 4.69) is 20.6 Å². The number of aromatic nitrogens is 1. The van der Waals surface area contributed by atoms with E-state index in [-0.39, 0.29) is 6.03 Å². The minimum Gasteiger partial charge on any atom is -0.345 e. The van der Waals surface area contributed by atoms with Crippen LogP contribution in [0.5, 0.6) is 0 Å². The Morgan fingerprint density at radius 2 is 2.14 bits per heavy atom. The van der Waals surface area contributed by atoms with Crippen LogP contribution in [0.4, 0.5) is 9.93 Å². The van der Waals surface area contributed by atoms with Crippen LogP contribution in [0, 0.1) is 6.92 Å². The second-order valence-electron chi connectivity index (χ2n) is 4.98. The van der Waals surface area contributed by atoms with E-state index in [1.54, 1.807) is 22.7 Å². The number of anilines is 1. The molecule has 1 saturated heterocycles. The lowest BCUT2D eigenvalue weighted by Gasteiger charge is -2.34. The summed E-state index contributed by atoms with van der Waals surface area (Å²) in [5.41, 5.74) is 1.06. The van der Waals surface area contributed by atoms with Gasteiger partial charge < -0.3 is 15.1 Å². The average Bonchev–Trinajstić information content (AvgIpc) is 3.16. The van der Waals surface area contributed by atoms with Gasteiger partial charge in [-0.1, -0.05) is 6.07 Å². The molecule has 3 heterocycles. The summed E-state index contributed by atoms with van der Waals surface area (Å²) in [7, 11) is 0. The average molecular weight is 322 g/mol. The number of amides is 2. The van der Waals surface area contributed by atoms with Gasteiger partial charge in [-0.2, -0.15) is 0 Å². The summed E-state index contributed by atoms with van der Waals surface area (Å²) in [5, 5.41) is 8.13. The molecule has 112 valence electrons. The van der Waals surface area contributed by atoms with E-state index in [0.29, 0.717) is 6.54 Å². The Morgan fingerprint density at radius 3 is 2.76 bits per heavy atom. The topological polar surface area (TPSA) is 48.5 Å². The first-order valence-corrected chi connectivity index (χ1v) is 8.70. The molecule has 0 spiro atoms. The van der Waals surface area contributed by atoms with Gasteiger partial charge in [0.2, 0.25) is 0 Å². The molecule has 0 radical (unpaired) electrons. The van der Waals surface area contributed by atoms with Crippen molar-refractivity contribution in [3.05, 3.63) is 33.5 Å². The highest BCUT2D eigenvalue weighted by Crippen LogP contribution is 2.21. The van der Waals surface area contributed by atoms with E-state index in [1.807, 2.05) is 29.3 Å². The molecule has 7 heteroatoms. The van der Waals surface area contributed by atoms with Crippen LogP contribution in [0.1, 0.15) is 10.6 Å². The van der Waals surface area contributed by atoms with Crippen LogP contribution >= 0.6 is 22.7 Å². The Bertz CT molecular complexity index is 588. The summed E-state index contributed by atoms with van der Waals surface area (Å²) < 4.78 is 0. The molecule has 0 aliphatic carbocycles. The van der Waals surface area contributed by atoms with Gasteiger partial charge in [0.05, 0.1) is 12.2 Å². The van der Waals surface area contributed by atoms with Gasteiger partial charge in [0.15, 0.2) is 5.13 Å². The van der Waals surface area contributed by atoms with Crippen molar-refractivity contribution in [1.82, 2.24) is 15.2 Å². The Labute approximate surface area is 132 Å². The first kappa shape index (κ1) is 14.3. The van der Waals surface area contributed by atoms with Crippen LogP contribution in [0.15, 0.2) is 22.9 Å². The fourth-order valence-electron chi connectivity index (χ4n) is 2.28. The number of urea groups is 1. The first-order chi connectivity index (χ1) is 10.2. The molecule has 5 nitrogen and oxygen atoms in total. The van der Waals surface area contributed by atoms with Crippen molar-refractivity contribution in [3.8, 4) is 0 Å². The third-order valence-corrected chi connectivity index (χ3v) is 5.33. The van der Waals surface area contributed by atoms with Crippen LogP contribution in [0.2, 0.25) is 0 Å². The van der Waals surface area contributed by atoms with Gasteiger partial charge in [0.25, 0.3) is 0 Å². The van der Waals surface area contributed by atoms with Gasteiger partial charge in [0.1, 0.15) is 0 Å². The molecule has 2 amide bonds. The number of rotatable bonds is 3. The van der Waals surface area contributed by atoms with Crippen molar-refractivity contribution in [3.63, 3.8) is 0 Å². The van der Waals surface area contributed by atoms with Crippen LogP contribution in [0.3, 0.4) is 0 Å². The van der Waals surface area contributed by atoms with Crippen molar-refractivity contribution in [1.29, 1.82) is 0 Å². The van der Waals surface area contributed by atoms with Gasteiger partial charge in [-0.25, -0.2) is 9.78 Å². The maximum atomic E-state index is 12.1. The summed E-state index contributed by atoms with van der Waals surface area (Å²) in [6.07, 6.45) is 0. The third-order valence-electron chi connectivity index (χ3n) is 3.44. The molecule has 0 bridgehead atoms. The largest absolute Gasteiger partial charge is 0.345 e. The van der Waals surface area contributed by atoms with E-state index < -0.39 is 0 Å². The molecule has 0 unspecified atom stereocenters. The van der Waals surface area contributed by atoms with Crippen molar-refractivity contribution < 1.29 is 4.79 Å². The molecule has 0 atom stereocenters. The van der Waals surface area contributed by atoms with E-state index in [0.717, 1.165) is 37.0 Å². The Hall–Kier alpha value is -1.60. The number of carbonyl (C=O) groups excluding carboxylic acids is 1. The molecule has 1 aliphatic heterocycles. The summed E-state index contributed by atoms with van der Waals surface area (Å²) in [6.45, 7) is 5.80. The predicted octanol–water partition coefficient (Wildman–Crippen LogP) is 2.54. The maximum absolute atomic E-state index is 12.1. The van der Waals surface area contributed by atoms with Crippen LogP contribution in [-0.4, -0.2) is 42.1 Å². The molecule has 21 heavy (non-hydrogen) atoms. The van der Waals surface area contributed by atoms with E-state index in [4.69, 9.17) is 0 Å². The summed E-state index contributed by atoms with van der Waals surface area (Å²) >= 11 is 3.33. The fourth-order valence-corrected chi connectivity index (χ4v) is 3.78. The molecule has 1 N–H and O–H groups in total. The smallest absolute Gasteiger partial charge is 0.317 e. The quantitative estimate of drug-likeness (QED) is 0.945. The van der Waals surface area contributed by atoms with Crippen LogP contribution < -0.4 is 10.2 Å². The first-order valence-electron chi connectivity index (χ1n) is 6.94. The molecule has 1 aliphatic rings. The standard InChI is InChI=1S/C14H18N4OS2/c1-11-10-21-14(16-11)18-6-4-17(5-7-18)13(19)15-9-12-3-2-8-20-12/h2-3,8,10H,4-7,9H2,1H3,(H,15,19). The minimum atomic E-state index is 0.0263. The lowest BCUT2D eigenvalue weighted by molar-refractivity contribution is 0.194. The molecule has 3 rings (SSSR count). The van der Waals surface area contributed by atoms with Crippen molar-refractivity contribution in [2.75, 3.05) is 31.1 Å². The van der Waals surface area contributed by atoms with Crippen LogP contribution in [0.25, 0.3) is 0 Å². The summed E-state index contributed by atoms with van der Waals surface area (Å²) in [5.74, 6) is 0. The lowest BCUT2D eigenvalue weighted by Crippen LogP contribution is -2.51. The molecule has 0 saturated carbocycles. The maximum Gasteiger partial charge on any atom is 0.317 e. The van der Waals surface area contributed by atoms with Crippen molar-refractivity contribution in [2.24, 2.45) is 0 Å². The zero-order valence-electron chi connectivity index (χ0n) is 11.9. The molecular weight excluding hydrogens is 304 g/mol. The minimum absolute atomic E-state index is 0.0263. The highest BCUT2D eigenvalue weighted by atomic mass is 32.1. The zero-order valence-corrected chi connectivity index (χ0v) is 13.5. The lowest BCUT2D eigenvalue weighted by atomic mass is 10.3. The molecule has 2 aromatic heterocycles. The van der Waals surface area contributed by atoms with E-state index in [1.165, 1.54) is 4.88 Å². The van der Waals surface area contributed by atoms with Gasteiger partial charge in [-0.05, 0) is 18.4 Å². The third kappa shape index (κ3) is 3.54. The number of nitrogens with one attached hydrogen (secondary N) is 1. The van der Waals surface area contributed by atoms with Gasteiger partial charge in [-0.15, -0.1) is 22.7 Å². The zero-order chi connectivity index (χ0) is 14.7. The Kier molecular flexibility index (Phi) is 4.40. The highest BCUT2D eigenvalue weighted by Gasteiger charge is 2.22. The van der Waals surface area contributed by atoms with Gasteiger partial charge in [-0.3, -0.25) is 0 Å². The fraction of sp³-hybridized carbons (Fsp3) is 0.429. The van der Waals surface area contributed by atoms with E-state index in [9.17, 15) is 4.79 Å². The summed E-state index contributed by atoms with van der Waals surface area (Å²) in [6, 6.07) is 4.06. The van der Waals surface area contributed by atoms with Gasteiger partial charge >= 0.3 is 6.03 Å². The Balaban J connectivity index is 1.47. The number of thiazole rings is 1. The van der Waals surface area contributed by atoms with E-state index >= 15 is 0 Å². The molecule has 0 aromatic carbocycles. The monoisotopic (exact) mass is 322 g/mol. The number of aryl methyl sites for hydroxylation is 1. The summed E-state index contributed by atoms with van der Waals surface area (Å²) in [4.78, 5) is 21.9. The second kappa shape index (κ2) is 6.44. The van der Waals surface area contributed by atoms with Crippen molar-refractivity contribution in [2.45, 2.75) is 13.5 Å². The predicted molar refractivity (Wildman–Crippen MR) is 87.2 cm³/mol. The molecule has 2 aromatic rings. The SMILES string of the molecule is Cc1csc(N2CCN(C(=O)NCc3cccs3)CC2)n1. The number of hydrogen-bond donors (Lipinski definition) is 1. The highest BCUT2D eigenvalue weighted by molar-refractivity contribution is 7.13. The number of nitrogens with zero attached hydrogens (tertiary/aromatic N) is 3. The number of hydrogen-bond acceptors (Lipinski definition) is 5. The molecular formula is C14H18N4OS2.